The van der Waals surface area contributed by atoms with Gasteiger partial charge in [-0.2, -0.15) is 0 Å². The zero-order valence-corrected chi connectivity index (χ0v) is 12.9. The minimum Gasteiger partial charge on any atom is -0.472 e. The monoisotopic (exact) mass is 304 g/mol. The van der Waals surface area contributed by atoms with Crippen LogP contribution in [0.25, 0.3) is 0 Å². The van der Waals surface area contributed by atoms with Gasteiger partial charge in [0.05, 0.1) is 18.6 Å². The number of nitrogens with zero attached hydrogens (tertiary/aromatic N) is 1. The summed E-state index contributed by atoms with van der Waals surface area (Å²) in [6.07, 6.45) is 9.00. The van der Waals surface area contributed by atoms with Crippen LogP contribution in [0.3, 0.4) is 0 Å². The van der Waals surface area contributed by atoms with Crippen molar-refractivity contribution in [3.63, 3.8) is 0 Å². The number of hydrogen-bond acceptors (Lipinski definition) is 4. The lowest BCUT2D eigenvalue weighted by molar-refractivity contribution is -0.134. The van der Waals surface area contributed by atoms with Gasteiger partial charge in [-0.1, -0.05) is 0 Å². The molecule has 1 N–H and O–H groups in total. The van der Waals surface area contributed by atoms with E-state index in [0.717, 1.165) is 45.3 Å². The number of likely N-dealkylation sites (tertiary alicyclic amines) is 1. The molecule has 1 aromatic heterocycles. The van der Waals surface area contributed by atoms with E-state index in [9.17, 15) is 4.79 Å². The summed E-state index contributed by atoms with van der Waals surface area (Å²) in [6.45, 7) is 2.90. The number of piperidine rings is 1. The van der Waals surface area contributed by atoms with Crippen LogP contribution in [-0.4, -0.2) is 42.1 Å². The van der Waals surface area contributed by atoms with E-state index in [1.807, 2.05) is 6.07 Å². The third kappa shape index (κ3) is 2.92. The Bertz CT molecular complexity index is 512. The smallest absolute Gasteiger partial charge is 0.249 e. The number of hydrogen-bond donors (Lipinski definition) is 1. The van der Waals surface area contributed by atoms with Gasteiger partial charge in [0, 0.05) is 24.7 Å². The van der Waals surface area contributed by atoms with Gasteiger partial charge in [-0.3, -0.25) is 9.69 Å². The van der Waals surface area contributed by atoms with Gasteiger partial charge in [0.25, 0.3) is 0 Å². The Balaban J connectivity index is 1.30. The van der Waals surface area contributed by atoms with Gasteiger partial charge in [-0.05, 0) is 50.6 Å². The maximum absolute atomic E-state index is 12.3. The van der Waals surface area contributed by atoms with Crippen LogP contribution in [0, 0.1) is 5.92 Å². The molecule has 0 unspecified atom stereocenters. The molecule has 1 saturated carbocycles. The van der Waals surface area contributed by atoms with Crippen molar-refractivity contribution in [3.8, 4) is 0 Å². The Morgan fingerprint density at radius 1 is 1.36 bits per heavy atom. The Hall–Kier alpha value is -1.33. The first-order valence-corrected chi connectivity index (χ1v) is 8.47. The topological polar surface area (TPSA) is 54.7 Å². The fourth-order valence-electron chi connectivity index (χ4n) is 3.79. The number of carbonyl (C=O) groups excluding carboxylic acids is 1. The minimum absolute atomic E-state index is 0.112. The van der Waals surface area contributed by atoms with Crippen LogP contribution in [0.4, 0.5) is 0 Å². The summed E-state index contributed by atoms with van der Waals surface area (Å²) in [5.74, 6) is 0.651. The second-order valence-corrected chi connectivity index (χ2v) is 6.95. The highest BCUT2D eigenvalue weighted by Gasteiger charge is 2.42. The van der Waals surface area contributed by atoms with Crippen LogP contribution in [0.15, 0.2) is 23.0 Å². The van der Waals surface area contributed by atoms with E-state index in [1.54, 1.807) is 12.5 Å². The van der Waals surface area contributed by atoms with E-state index in [0.29, 0.717) is 12.0 Å². The van der Waals surface area contributed by atoms with Crippen LogP contribution < -0.4 is 5.32 Å². The lowest BCUT2D eigenvalue weighted by Gasteiger charge is -2.33. The molecule has 5 heteroatoms. The number of carbonyl (C=O) groups is 1. The van der Waals surface area contributed by atoms with Crippen LogP contribution >= 0.6 is 0 Å². The summed E-state index contributed by atoms with van der Waals surface area (Å²) < 4.78 is 11.2. The molecule has 3 fully saturated rings. The number of furan rings is 1. The molecule has 0 bridgehead atoms. The Morgan fingerprint density at radius 2 is 2.27 bits per heavy atom. The third-order valence-electron chi connectivity index (χ3n) is 5.37. The molecule has 0 radical (unpaired) electrons. The van der Waals surface area contributed by atoms with E-state index in [4.69, 9.17) is 9.15 Å². The molecule has 0 aromatic carbocycles. The SMILES string of the molecule is O=C(NC1CCC1)[C@@H]1C[C@@H]2CCN(Cc3ccoc3)C[C@@H]2O1. The fourth-order valence-corrected chi connectivity index (χ4v) is 3.79. The summed E-state index contributed by atoms with van der Waals surface area (Å²) in [7, 11) is 0. The molecule has 2 saturated heterocycles. The van der Waals surface area contributed by atoms with Crippen molar-refractivity contribution in [1.29, 1.82) is 0 Å². The van der Waals surface area contributed by atoms with E-state index in [-0.39, 0.29) is 18.1 Å². The van der Waals surface area contributed by atoms with Gasteiger partial charge in [0.15, 0.2) is 0 Å². The predicted octanol–water partition coefficient (Wildman–Crippen LogP) is 1.93. The molecule has 1 amide bonds. The minimum atomic E-state index is -0.232. The van der Waals surface area contributed by atoms with Crippen molar-refractivity contribution < 1.29 is 13.9 Å². The van der Waals surface area contributed by atoms with Gasteiger partial charge >= 0.3 is 0 Å². The van der Waals surface area contributed by atoms with Gasteiger partial charge in [-0.25, -0.2) is 0 Å². The lowest BCUT2D eigenvalue weighted by Crippen LogP contribution is -2.45. The first-order valence-electron chi connectivity index (χ1n) is 8.47. The van der Waals surface area contributed by atoms with Crippen LogP contribution in [-0.2, 0) is 16.1 Å². The van der Waals surface area contributed by atoms with Gasteiger partial charge in [0.1, 0.15) is 6.10 Å². The van der Waals surface area contributed by atoms with Crippen LogP contribution in [0.2, 0.25) is 0 Å². The third-order valence-corrected chi connectivity index (χ3v) is 5.37. The maximum Gasteiger partial charge on any atom is 0.249 e. The molecule has 2 aliphatic heterocycles. The molecule has 3 aliphatic rings. The van der Waals surface area contributed by atoms with Crippen molar-refractivity contribution in [2.24, 2.45) is 5.92 Å². The largest absolute Gasteiger partial charge is 0.472 e. The highest BCUT2D eigenvalue weighted by molar-refractivity contribution is 5.81. The van der Waals surface area contributed by atoms with E-state index < -0.39 is 0 Å². The zero-order valence-electron chi connectivity index (χ0n) is 12.9. The van der Waals surface area contributed by atoms with Crippen molar-refractivity contribution in [2.45, 2.75) is 56.9 Å². The molecule has 3 heterocycles. The van der Waals surface area contributed by atoms with Crippen molar-refractivity contribution >= 4 is 5.91 Å². The summed E-state index contributed by atoms with van der Waals surface area (Å²) in [5.41, 5.74) is 1.20. The van der Waals surface area contributed by atoms with Crippen LogP contribution in [0.1, 0.15) is 37.7 Å². The maximum atomic E-state index is 12.3. The molecular formula is C17H24N2O3. The van der Waals surface area contributed by atoms with Crippen molar-refractivity contribution in [2.75, 3.05) is 13.1 Å². The Labute approximate surface area is 131 Å². The quantitative estimate of drug-likeness (QED) is 0.923. The molecule has 5 nitrogen and oxygen atoms in total. The van der Waals surface area contributed by atoms with Crippen molar-refractivity contribution in [3.05, 3.63) is 24.2 Å². The summed E-state index contributed by atoms with van der Waals surface area (Å²) in [4.78, 5) is 14.7. The highest BCUT2D eigenvalue weighted by Crippen LogP contribution is 2.34. The normalized spacial score (nSPS) is 32.5. The number of fused-ring (bicyclic) bond motifs is 1. The average Bonchev–Trinajstić information content (AvgIpc) is 3.11. The molecule has 3 atom stereocenters. The Kier molecular flexibility index (Phi) is 3.92. The van der Waals surface area contributed by atoms with Gasteiger partial charge < -0.3 is 14.5 Å². The van der Waals surface area contributed by atoms with Crippen LogP contribution in [0.5, 0.6) is 0 Å². The van der Waals surface area contributed by atoms with E-state index in [2.05, 4.69) is 10.2 Å². The molecule has 1 aliphatic carbocycles. The molecule has 22 heavy (non-hydrogen) atoms. The second kappa shape index (κ2) is 6.05. The number of nitrogens with one attached hydrogen (secondary N) is 1. The molecule has 1 aromatic rings. The summed E-state index contributed by atoms with van der Waals surface area (Å²) in [6, 6.07) is 2.41. The standard InChI is InChI=1S/C17H24N2O3/c20-17(18-14-2-1-3-14)15-8-13-4-6-19(10-16(13)22-15)9-12-5-7-21-11-12/h5,7,11,13-16H,1-4,6,8-10H2,(H,18,20)/t13-,15-,16-/m0/s1. The second-order valence-electron chi connectivity index (χ2n) is 6.95. The fraction of sp³-hybridized carbons (Fsp3) is 0.706. The molecule has 120 valence electrons. The number of amides is 1. The molecular weight excluding hydrogens is 280 g/mol. The molecule has 4 rings (SSSR count). The predicted molar refractivity (Wildman–Crippen MR) is 81.2 cm³/mol. The number of ether oxygens (including phenoxy) is 1. The van der Waals surface area contributed by atoms with E-state index in [1.165, 1.54) is 12.0 Å². The lowest BCUT2D eigenvalue weighted by atomic mass is 9.90. The van der Waals surface area contributed by atoms with Crippen molar-refractivity contribution in [1.82, 2.24) is 10.2 Å². The highest BCUT2D eigenvalue weighted by atomic mass is 16.5. The first kappa shape index (κ1) is 14.3. The first-order chi connectivity index (χ1) is 10.8. The Morgan fingerprint density at radius 3 is 3.00 bits per heavy atom. The molecule has 0 spiro atoms. The summed E-state index contributed by atoms with van der Waals surface area (Å²) >= 11 is 0. The zero-order chi connectivity index (χ0) is 14.9. The van der Waals surface area contributed by atoms with Gasteiger partial charge in [-0.15, -0.1) is 0 Å². The number of rotatable bonds is 4. The average molecular weight is 304 g/mol. The van der Waals surface area contributed by atoms with Gasteiger partial charge in [0.2, 0.25) is 5.91 Å². The summed E-state index contributed by atoms with van der Waals surface area (Å²) in [5, 5.41) is 3.13. The van der Waals surface area contributed by atoms with E-state index >= 15 is 0 Å².